The molecule has 0 fully saturated rings. The summed E-state index contributed by atoms with van der Waals surface area (Å²) >= 11 is 0. The molecule has 2 atom stereocenters. The van der Waals surface area contributed by atoms with E-state index in [9.17, 15) is 19.2 Å². The molecule has 0 aliphatic rings. The second kappa shape index (κ2) is 13.7. The number of carbonyl (C=O) groups is 4. The minimum Gasteiger partial charge on any atom is -0.458 e. The van der Waals surface area contributed by atoms with Crippen LogP contribution in [0.25, 0.3) is 0 Å². The monoisotopic (exact) mass is 549 g/mol. The number of benzene rings is 2. The number of nitrogens with zero attached hydrogens (tertiary/aromatic N) is 1. The number of carbonyl (C=O) groups excluding carboxylic acids is 4. The van der Waals surface area contributed by atoms with Gasteiger partial charge in [-0.1, -0.05) is 48.4 Å². The van der Waals surface area contributed by atoms with Crippen molar-refractivity contribution >= 4 is 23.9 Å². The fourth-order valence-corrected chi connectivity index (χ4v) is 3.71. The Morgan fingerprint density at radius 3 is 2.00 bits per heavy atom. The van der Waals surface area contributed by atoms with Gasteiger partial charge in [0, 0.05) is 19.0 Å². The molecule has 214 valence electrons. The number of alkyl carbamates (subject to hydrolysis) is 1. The number of ether oxygens (including phenoxy) is 2. The van der Waals surface area contributed by atoms with Gasteiger partial charge >= 0.3 is 12.1 Å². The molecule has 0 saturated carbocycles. The third-order valence-corrected chi connectivity index (χ3v) is 5.50. The van der Waals surface area contributed by atoms with Gasteiger partial charge in [-0.05, 0) is 64.8 Å². The van der Waals surface area contributed by atoms with E-state index in [1.54, 1.807) is 65.8 Å². The SMILES string of the molecule is C#Cc1ccc(C(C(=O)NC(Cc2ccccc2)C(=O)OC(C)(C)C)N(C)C(=O)CNC(=O)OC(C)(C)C)cc1. The van der Waals surface area contributed by atoms with Crippen LogP contribution in [0.1, 0.15) is 64.3 Å². The van der Waals surface area contributed by atoms with E-state index in [2.05, 4.69) is 16.6 Å². The van der Waals surface area contributed by atoms with E-state index < -0.39 is 53.7 Å². The fraction of sp³-hybridized carbons (Fsp3) is 0.419. The summed E-state index contributed by atoms with van der Waals surface area (Å²) in [6.45, 7) is 9.94. The lowest BCUT2D eigenvalue weighted by Crippen LogP contribution is -2.51. The molecule has 2 unspecified atom stereocenters. The van der Waals surface area contributed by atoms with E-state index in [1.807, 2.05) is 30.3 Å². The molecular formula is C31H39N3O6. The maximum Gasteiger partial charge on any atom is 0.408 e. The van der Waals surface area contributed by atoms with Crippen molar-refractivity contribution in [2.75, 3.05) is 13.6 Å². The summed E-state index contributed by atoms with van der Waals surface area (Å²) < 4.78 is 10.8. The minimum atomic E-state index is -1.14. The molecule has 3 amide bonds. The second-order valence-corrected chi connectivity index (χ2v) is 11.3. The molecule has 0 aliphatic heterocycles. The number of nitrogens with one attached hydrogen (secondary N) is 2. The normalized spacial score (nSPS) is 12.8. The number of terminal acetylenes is 1. The number of amides is 3. The van der Waals surface area contributed by atoms with Gasteiger partial charge in [-0.15, -0.1) is 6.42 Å². The van der Waals surface area contributed by atoms with Crippen molar-refractivity contribution in [1.29, 1.82) is 0 Å². The fourth-order valence-electron chi connectivity index (χ4n) is 3.71. The first-order valence-electron chi connectivity index (χ1n) is 13.0. The molecule has 0 saturated heterocycles. The topological polar surface area (TPSA) is 114 Å². The molecule has 0 radical (unpaired) electrons. The first kappa shape index (κ1) is 31.9. The third-order valence-electron chi connectivity index (χ3n) is 5.50. The summed E-state index contributed by atoms with van der Waals surface area (Å²) in [4.78, 5) is 53.3. The molecule has 9 nitrogen and oxygen atoms in total. The maximum atomic E-state index is 13.8. The van der Waals surface area contributed by atoms with Gasteiger partial charge in [0.2, 0.25) is 11.8 Å². The van der Waals surface area contributed by atoms with Crippen molar-refractivity contribution in [3.63, 3.8) is 0 Å². The van der Waals surface area contributed by atoms with E-state index in [1.165, 1.54) is 11.9 Å². The van der Waals surface area contributed by atoms with Crippen LogP contribution in [-0.4, -0.2) is 59.6 Å². The lowest BCUT2D eigenvalue weighted by Gasteiger charge is -2.30. The quantitative estimate of drug-likeness (QED) is 0.364. The molecule has 9 heteroatoms. The molecule has 2 rings (SSSR count). The zero-order chi connectivity index (χ0) is 30.1. The Bertz CT molecular complexity index is 1220. The van der Waals surface area contributed by atoms with Crippen molar-refractivity contribution in [3.8, 4) is 12.3 Å². The van der Waals surface area contributed by atoms with Gasteiger partial charge in [0.05, 0.1) is 0 Å². The summed E-state index contributed by atoms with van der Waals surface area (Å²) in [5.74, 6) is 0.758. The number of rotatable bonds is 9. The highest BCUT2D eigenvalue weighted by Crippen LogP contribution is 2.22. The third kappa shape index (κ3) is 10.4. The van der Waals surface area contributed by atoms with Crippen LogP contribution in [0.4, 0.5) is 4.79 Å². The van der Waals surface area contributed by atoms with E-state index in [-0.39, 0.29) is 6.42 Å². The van der Waals surface area contributed by atoms with Crippen LogP contribution < -0.4 is 10.6 Å². The van der Waals surface area contributed by atoms with Crippen molar-refractivity contribution in [2.24, 2.45) is 0 Å². The lowest BCUT2D eigenvalue weighted by molar-refractivity contribution is -0.159. The zero-order valence-corrected chi connectivity index (χ0v) is 24.2. The summed E-state index contributed by atoms with van der Waals surface area (Å²) in [5, 5.41) is 5.20. The smallest absolute Gasteiger partial charge is 0.408 e. The summed E-state index contributed by atoms with van der Waals surface area (Å²) in [6.07, 6.45) is 4.90. The van der Waals surface area contributed by atoms with Crippen molar-refractivity contribution in [3.05, 3.63) is 71.3 Å². The van der Waals surface area contributed by atoms with Gasteiger partial charge in [0.15, 0.2) is 0 Å². The minimum absolute atomic E-state index is 0.183. The average molecular weight is 550 g/mol. The Balaban J connectivity index is 2.34. The highest BCUT2D eigenvalue weighted by atomic mass is 16.6. The van der Waals surface area contributed by atoms with Crippen LogP contribution in [0.3, 0.4) is 0 Å². The summed E-state index contributed by atoms with van der Waals surface area (Å²) in [7, 11) is 1.44. The number of hydrogen-bond acceptors (Lipinski definition) is 6. The first-order valence-corrected chi connectivity index (χ1v) is 13.0. The molecule has 40 heavy (non-hydrogen) atoms. The summed E-state index contributed by atoms with van der Waals surface area (Å²) in [5.41, 5.74) is 0.364. The second-order valence-electron chi connectivity index (χ2n) is 11.3. The predicted octanol–water partition coefficient (Wildman–Crippen LogP) is 3.76. The number of hydrogen-bond donors (Lipinski definition) is 2. The molecule has 2 aromatic carbocycles. The van der Waals surface area contributed by atoms with Crippen LogP contribution in [0.5, 0.6) is 0 Å². The van der Waals surface area contributed by atoms with Gasteiger partial charge in [0.1, 0.15) is 29.8 Å². The van der Waals surface area contributed by atoms with Gasteiger partial charge in [-0.3, -0.25) is 9.59 Å². The van der Waals surface area contributed by atoms with Crippen LogP contribution in [0.2, 0.25) is 0 Å². The molecule has 0 bridgehead atoms. The Morgan fingerprint density at radius 2 is 1.48 bits per heavy atom. The van der Waals surface area contributed by atoms with E-state index in [4.69, 9.17) is 15.9 Å². The molecule has 0 heterocycles. The number of likely N-dealkylation sites (N-methyl/N-ethyl adjacent to an activating group) is 1. The van der Waals surface area contributed by atoms with E-state index in [0.29, 0.717) is 11.1 Å². The van der Waals surface area contributed by atoms with Gasteiger partial charge in [-0.25, -0.2) is 9.59 Å². The zero-order valence-electron chi connectivity index (χ0n) is 24.2. The van der Waals surface area contributed by atoms with Gasteiger partial charge in [0.25, 0.3) is 0 Å². The van der Waals surface area contributed by atoms with Crippen LogP contribution >= 0.6 is 0 Å². The Kier molecular flexibility index (Phi) is 10.9. The summed E-state index contributed by atoms with van der Waals surface area (Å²) in [6, 6.07) is 13.7. The number of esters is 1. The van der Waals surface area contributed by atoms with Crippen LogP contribution in [0, 0.1) is 12.3 Å². The first-order chi connectivity index (χ1) is 18.6. The molecule has 2 aromatic rings. The highest BCUT2D eigenvalue weighted by Gasteiger charge is 2.34. The molecule has 0 aromatic heterocycles. The van der Waals surface area contributed by atoms with Gasteiger partial charge < -0.3 is 25.0 Å². The Morgan fingerprint density at radius 1 is 0.900 bits per heavy atom. The molecule has 0 aliphatic carbocycles. The molecule has 2 N–H and O–H groups in total. The molecular weight excluding hydrogens is 510 g/mol. The standard InChI is InChI=1S/C31H39N3O6/c1-9-21-15-17-23(18-16-21)26(34(8)25(35)20-32-29(38)40-31(5,6)7)27(36)33-24(28(37)39-30(2,3)4)19-22-13-11-10-12-14-22/h1,10-18,24,26H,19-20H2,2-8H3,(H,32,38)(H,33,36). The molecule has 0 spiro atoms. The largest absolute Gasteiger partial charge is 0.458 e. The highest BCUT2D eigenvalue weighted by molar-refractivity contribution is 5.92. The van der Waals surface area contributed by atoms with E-state index >= 15 is 0 Å². The van der Waals surface area contributed by atoms with E-state index in [0.717, 1.165) is 5.56 Å². The van der Waals surface area contributed by atoms with Crippen molar-refractivity contribution in [1.82, 2.24) is 15.5 Å². The van der Waals surface area contributed by atoms with Gasteiger partial charge in [-0.2, -0.15) is 0 Å². The predicted molar refractivity (Wildman–Crippen MR) is 152 cm³/mol. The Hall–Kier alpha value is -4.32. The van der Waals surface area contributed by atoms with Crippen molar-refractivity contribution < 1.29 is 28.7 Å². The maximum absolute atomic E-state index is 13.8. The lowest BCUT2D eigenvalue weighted by atomic mass is 10.0. The average Bonchev–Trinajstić information content (AvgIpc) is 2.86. The van der Waals surface area contributed by atoms with Crippen molar-refractivity contribution in [2.45, 2.75) is 71.2 Å². The Labute approximate surface area is 236 Å². The van der Waals surface area contributed by atoms with Crippen LogP contribution in [0.15, 0.2) is 54.6 Å². The van der Waals surface area contributed by atoms with Crippen LogP contribution in [-0.2, 0) is 30.3 Å².